The number of carbonyl (C=O) groups excluding carboxylic acids is 2. The van der Waals surface area contributed by atoms with Crippen molar-refractivity contribution < 1.29 is 9.59 Å². The van der Waals surface area contributed by atoms with Crippen molar-refractivity contribution in [3.63, 3.8) is 0 Å². The number of rotatable bonds is 3. The lowest BCUT2D eigenvalue weighted by molar-refractivity contribution is -0.118. The predicted octanol–water partition coefficient (Wildman–Crippen LogP) is 2.49. The fourth-order valence-electron chi connectivity index (χ4n) is 1.83. The second kappa shape index (κ2) is 5.36. The summed E-state index contributed by atoms with van der Waals surface area (Å²) in [6, 6.07) is 7.88. The highest BCUT2D eigenvalue weighted by Gasteiger charge is 2.22. The molecule has 1 aliphatic rings. The average molecular weight is 249 g/mol. The number of para-hydroxylation sites is 1. The van der Waals surface area contributed by atoms with Crippen molar-refractivity contribution in [3.8, 4) is 0 Å². The highest BCUT2D eigenvalue weighted by atomic mass is 32.2. The Morgan fingerprint density at radius 3 is 2.94 bits per heavy atom. The van der Waals surface area contributed by atoms with Crippen molar-refractivity contribution in [2.75, 3.05) is 17.2 Å². The number of benzene rings is 1. The van der Waals surface area contributed by atoms with Crippen molar-refractivity contribution >= 4 is 29.1 Å². The van der Waals surface area contributed by atoms with Crippen molar-refractivity contribution in [1.82, 2.24) is 0 Å². The normalized spacial score (nSPS) is 15.4. The molecule has 1 heterocycles. The van der Waals surface area contributed by atoms with Crippen LogP contribution in [0.1, 0.15) is 19.8 Å². The van der Waals surface area contributed by atoms with E-state index >= 15 is 0 Å². The number of thioether (sulfide) groups is 1. The lowest BCUT2D eigenvalue weighted by Crippen LogP contribution is -2.32. The molecule has 4 heteroatoms. The molecule has 0 bridgehead atoms. The number of amides is 1. The molecule has 0 spiro atoms. The number of ketones is 1. The number of anilines is 1. The Morgan fingerprint density at radius 2 is 2.18 bits per heavy atom. The molecule has 1 aliphatic heterocycles. The third-order valence-corrected chi connectivity index (χ3v) is 3.78. The first kappa shape index (κ1) is 12.2. The van der Waals surface area contributed by atoms with E-state index in [0.29, 0.717) is 19.4 Å². The fraction of sp³-hybridized carbons (Fsp3) is 0.385. The highest BCUT2D eigenvalue weighted by Crippen LogP contribution is 2.33. The number of hydrogen-bond donors (Lipinski definition) is 0. The van der Waals surface area contributed by atoms with E-state index in [1.54, 1.807) is 23.6 Å². The van der Waals surface area contributed by atoms with Crippen LogP contribution in [0.5, 0.6) is 0 Å². The van der Waals surface area contributed by atoms with Gasteiger partial charge >= 0.3 is 0 Å². The first-order valence-corrected chi connectivity index (χ1v) is 6.68. The molecule has 0 atom stereocenters. The monoisotopic (exact) mass is 249 g/mol. The molecule has 0 fully saturated rings. The van der Waals surface area contributed by atoms with E-state index < -0.39 is 0 Å². The van der Waals surface area contributed by atoms with Gasteiger partial charge in [-0.3, -0.25) is 9.59 Å². The maximum Gasteiger partial charge on any atom is 0.227 e. The largest absolute Gasteiger partial charge is 0.311 e. The Kier molecular flexibility index (Phi) is 3.84. The average Bonchev–Trinajstić information content (AvgIpc) is 2.45. The van der Waals surface area contributed by atoms with E-state index in [1.165, 1.54) is 0 Å². The fourth-order valence-corrected chi connectivity index (χ4v) is 2.83. The zero-order chi connectivity index (χ0) is 12.3. The second-order valence-electron chi connectivity index (χ2n) is 4.06. The predicted molar refractivity (Wildman–Crippen MR) is 69.4 cm³/mol. The van der Waals surface area contributed by atoms with Gasteiger partial charge in [0.2, 0.25) is 5.91 Å². The quantitative estimate of drug-likeness (QED) is 0.826. The maximum atomic E-state index is 12.0. The van der Waals surface area contributed by atoms with Gasteiger partial charge in [0.25, 0.3) is 0 Å². The van der Waals surface area contributed by atoms with Gasteiger partial charge in [0.05, 0.1) is 5.69 Å². The molecule has 90 valence electrons. The molecule has 0 unspecified atom stereocenters. The number of carbonyl (C=O) groups is 2. The van der Waals surface area contributed by atoms with Crippen molar-refractivity contribution in [2.45, 2.75) is 24.7 Å². The van der Waals surface area contributed by atoms with Crippen LogP contribution in [0, 0.1) is 0 Å². The number of Topliss-reactive ketones (excluding diaryl/α,β-unsaturated/α-hetero) is 1. The second-order valence-corrected chi connectivity index (χ2v) is 5.20. The van der Waals surface area contributed by atoms with Crippen LogP contribution in [0.15, 0.2) is 29.2 Å². The minimum absolute atomic E-state index is 0.115. The maximum absolute atomic E-state index is 12.0. The van der Waals surface area contributed by atoms with Crippen LogP contribution in [0.2, 0.25) is 0 Å². The van der Waals surface area contributed by atoms with E-state index in [2.05, 4.69) is 0 Å². The first-order chi connectivity index (χ1) is 8.18. The third-order valence-electron chi connectivity index (χ3n) is 2.72. The number of hydrogen-bond acceptors (Lipinski definition) is 3. The molecule has 0 saturated carbocycles. The molecule has 0 aromatic heterocycles. The Labute approximate surface area is 105 Å². The zero-order valence-corrected chi connectivity index (χ0v) is 10.6. The lowest BCUT2D eigenvalue weighted by Gasteiger charge is -2.21. The van der Waals surface area contributed by atoms with Crippen LogP contribution < -0.4 is 4.90 Å². The summed E-state index contributed by atoms with van der Waals surface area (Å²) in [6.45, 7) is 2.05. The summed E-state index contributed by atoms with van der Waals surface area (Å²) in [5.74, 6) is 1.04. The molecule has 2 rings (SSSR count). The lowest BCUT2D eigenvalue weighted by atomic mass is 10.2. The van der Waals surface area contributed by atoms with Gasteiger partial charge in [-0.1, -0.05) is 12.1 Å². The van der Waals surface area contributed by atoms with Crippen LogP contribution in [-0.2, 0) is 9.59 Å². The summed E-state index contributed by atoms with van der Waals surface area (Å²) in [5, 5.41) is 0. The van der Waals surface area contributed by atoms with Crippen molar-refractivity contribution in [1.29, 1.82) is 0 Å². The zero-order valence-electron chi connectivity index (χ0n) is 9.81. The van der Waals surface area contributed by atoms with Crippen LogP contribution >= 0.6 is 11.8 Å². The Morgan fingerprint density at radius 1 is 1.41 bits per heavy atom. The molecule has 17 heavy (non-hydrogen) atoms. The van der Waals surface area contributed by atoms with Crippen LogP contribution in [-0.4, -0.2) is 24.0 Å². The number of fused-ring (bicyclic) bond motifs is 1. The molecule has 1 aromatic rings. The van der Waals surface area contributed by atoms with E-state index in [9.17, 15) is 9.59 Å². The summed E-state index contributed by atoms with van der Waals surface area (Å²) < 4.78 is 0. The Bertz CT molecular complexity index is 445. The van der Waals surface area contributed by atoms with Gasteiger partial charge in [0, 0.05) is 30.0 Å². The van der Waals surface area contributed by atoms with Gasteiger partial charge in [0.1, 0.15) is 5.78 Å². The minimum atomic E-state index is 0.115. The van der Waals surface area contributed by atoms with Gasteiger partial charge in [-0.05, 0) is 19.1 Å². The molecule has 0 N–H and O–H groups in total. The Balaban J connectivity index is 2.27. The molecule has 0 aliphatic carbocycles. The summed E-state index contributed by atoms with van der Waals surface area (Å²) in [4.78, 5) is 25.9. The summed E-state index contributed by atoms with van der Waals surface area (Å²) >= 11 is 1.70. The van der Waals surface area contributed by atoms with Gasteiger partial charge in [-0.25, -0.2) is 0 Å². The SMILES string of the molecule is CC(=O)CCN1C(=O)CCSc2ccccc21. The minimum Gasteiger partial charge on any atom is -0.311 e. The Hall–Kier alpha value is -1.29. The van der Waals surface area contributed by atoms with Crippen LogP contribution in [0.25, 0.3) is 0 Å². The van der Waals surface area contributed by atoms with E-state index in [4.69, 9.17) is 0 Å². The molecule has 0 radical (unpaired) electrons. The van der Waals surface area contributed by atoms with Crippen LogP contribution in [0.3, 0.4) is 0 Å². The van der Waals surface area contributed by atoms with Crippen LogP contribution in [0.4, 0.5) is 5.69 Å². The molecular formula is C13H15NO2S. The van der Waals surface area contributed by atoms with Crippen molar-refractivity contribution in [2.24, 2.45) is 0 Å². The van der Waals surface area contributed by atoms with E-state index in [0.717, 1.165) is 16.3 Å². The summed E-state index contributed by atoms with van der Waals surface area (Å²) in [5.41, 5.74) is 0.946. The topological polar surface area (TPSA) is 37.4 Å². The smallest absolute Gasteiger partial charge is 0.227 e. The standard InChI is InChI=1S/C13H15NO2S/c1-10(15)6-8-14-11-4-2-3-5-12(11)17-9-7-13(14)16/h2-5H,6-9H2,1H3. The first-order valence-electron chi connectivity index (χ1n) is 5.70. The van der Waals surface area contributed by atoms with Gasteiger partial charge < -0.3 is 4.90 Å². The molecule has 1 amide bonds. The van der Waals surface area contributed by atoms with E-state index in [1.807, 2.05) is 24.3 Å². The number of nitrogens with zero attached hydrogens (tertiary/aromatic N) is 1. The molecule has 3 nitrogen and oxygen atoms in total. The van der Waals surface area contributed by atoms with Crippen molar-refractivity contribution in [3.05, 3.63) is 24.3 Å². The molecular weight excluding hydrogens is 234 g/mol. The summed E-state index contributed by atoms with van der Waals surface area (Å²) in [7, 11) is 0. The van der Waals surface area contributed by atoms with Gasteiger partial charge in [0.15, 0.2) is 0 Å². The molecule has 0 saturated heterocycles. The van der Waals surface area contributed by atoms with Gasteiger partial charge in [-0.2, -0.15) is 0 Å². The third kappa shape index (κ3) is 2.88. The summed E-state index contributed by atoms with van der Waals surface area (Å²) in [6.07, 6.45) is 0.960. The highest BCUT2D eigenvalue weighted by molar-refractivity contribution is 7.99. The van der Waals surface area contributed by atoms with E-state index in [-0.39, 0.29) is 11.7 Å². The molecule has 1 aromatic carbocycles. The van der Waals surface area contributed by atoms with Gasteiger partial charge in [-0.15, -0.1) is 11.8 Å².